The molecule has 0 radical (unpaired) electrons. The lowest BCUT2D eigenvalue weighted by Gasteiger charge is -2.32. The number of methoxy groups -OCH3 is 2. The maximum Gasteiger partial charge on any atom is 0.254 e. The lowest BCUT2D eigenvalue weighted by atomic mass is 10.0. The summed E-state index contributed by atoms with van der Waals surface area (Å²) in [7, 11) is 3.12. The molecule has 0 spiro atoms. The summed E-state index contributed by atoms with van der Waals surface area (Å²) in [6.07, 6.45) is 1.45. The van der Waals surface area contributed by atoms with Crippen molar-refractivity contribution in [2.24, 2.45) is 0 Å². The van der Waals surface area contributed by atoms with Crippen LogP contribution in [0.3, 0.4) is 0 Å². The largest absolute Gasteiger partial charge is 0.497 e. The van der Waals surface area contributed by atoms with E-state index in [9.17, 15) is 9.59 Å². The SMILES string of the molecule is COc1cc(OC)cc(C(=O)N2CCC(NC(=O)c3cccc(C)c3)CC2)c1. The second-order valence-electron chi connectivity index (χ2n) is 7.01. The fourth-order valence-corrected chi connectivity index (χ4v) is 3.40. The van der Waals surface area contributed by atoms with Crippen molar-refractivity contribution in [3.05, 3.63) is 59.2 Å². The molecule has 0 unspecified atom stereocenters. The van der Waals surface area contributed by atoms with Gasteiger partial charge >= 0.3 is 0 Å². The summed E-state index contributed by atoms with van der Waals surface area (Å²) in [4.78, 5) is 27.1. The summed E-state index contributed by atoms with van der Waals surface area (Å²) < 4.78 is 10.5. The molecule has 2 amide bonds. The van der Waals surface area contributed by atoms with E-state index in [-0.39, 0.29) is 17.9 Å². The number of aryl methyl sites for hydroxylation is 1. The maximum absolute atomic E-state index is 12.9. The van der Waals surface area contributed by atoms with Crippen molar-refractivity contribution in [2.45, 2.75) is 25.8 Å². The third-order valence-electron chi connectivity index (χ3n) is 5.00. The van der Waals surface area contributed by atoms with Crippen LogP contribution in [0.4, 0.5) is 0 Å². The number of hydrogen-bond acceptors (Lipinski definition) is 4. The minimum Gasteiger partial charge on any atom is -0.497 e. The maximum atomic E-state index is 12.9. The summed E-state index contributed by atoms with van der Waals surface area (Å²) in [5, 5.41) is 3.08. The Bertz CT molecular complexity index is 835. The first-order valence-electron chi connectivity index (χ1n) is 9.40. The van der Waals surface area contributed by atoms with Gasteiger partial charge in [0.15, 0.2) is 0 Å². The van der Waals surface area contributed by atoms with Crippen molar-refractivity contribution in [2.75, 3.05) is 27.3 Å². The molecule has 1 heterocycles. The topological polar surface area (TPSA) is 67.9 Å². The second kappa shape index (κ2) is 8.78. The van der Waals surface area contributed by atoms with Gasteiger partial charge in [-0.05, 0) is 44.0 Å². The Balaban J connectivity index is 1.59. The fraction of sp³-hybridized carbons (Fsp3) is 0.364. The van der Waals surface area contributed by atoms with Gasteiger partial charge in [0, 0.05) is 36.3 Å². The van der Waals surface area contributed by atoms with Gasteiger partial charge in [-0.1, -0.05) is 17.7 Å². The number of amides is 2. The average Bonchev–Trinajstić information content (AvgIpc) is 2.73. The van der Waals surface area contributed by atoms with Crippen molar-refractivity contribution in [3.8, 4) is 11.5 Å². The molecule has 28 heavy (non-hydrogen) atoms. The first-order chi connectivity index (χ1) is 13.5. The monoisotopic (exact) mass is 382 g/mol. The van der Waals surface area contributed by atoms with Gasteiger partial charge in [0.1, 0.15) is 11.5 Å². The van der Waals surface area contributed by atoms with Crippen LogP contribution in [-0.2, 0) is 0 Å². The smallest absolute Gasteiger partial charge is 0.254 e. The highest BCUT2D eigenvalue weighted by molar-refractivity contribution is 5.95. The molecule has 0 atom stereocenters. The number of piperidine rings is 1. The second-order valence-corrected chi connectivity index (χ2v) is 7.01. The highest BCUT2D eigenvalue weighted by Crippen LogP contribution is 2.24. The van der Waals surface area contributed by atoms with Crippen LogP contribution in [0.15, 0.2) is 42.5 Å². The van der Waals surface area contributed by atoms with Crippen molar-refractivity contribution < 1.29 is 19.1 Å². The molecule has 1 fully saturated rings. The van der Waals surface area contributed by atoms with Gasteiger partial charge in [-0.15, -0.1) is 0 Å². The average molecular weight is 382 g/mol. The first kappa shape index (κ1) is 19.7. The van der Waals surface area contributed by atoms with Crippen molar-refractivity contribution in [3.63, 3.8) is 0 Å². The molecule has 148 valence electrons. The fourth-order valence-electron chi connectivity index (χ4n) is 3.40. The van der Waals surface area contributed by atoms with Crippen molar-refractivity contribution in [1.82, 2.24) is 10.2 Å². The highest BCUT2D eigenvalue weighted by Gasteiger charge is 2.25. The molecular weight excluding hydrogens is 356 g/mol. The minimum absolute atomic E-state index is 0.0549. The van der Waals surface area contributed by atoms with Gasteiger partial charge in [-0.2, -0.15) is 0 Å². The Kier molecular flexibility index (Phi) is 6.19. The van der Waals surface area contributed by atoms with Crippen LogP contribution < -0.4 is 14.8 Å². The van der Waals surface area contributed by atoms with Crippen LogP contribution >= 0.6 is 0 Å². The third kappa shape index (κ3) is 4.63. The van der Waals surface area contributed by atoms with Gasteiger partial charge in [0.05, 0.1) is 14.2 Å². The number of likely N-dealkylation sites (tertiary alicyclic amines) is 1. The molecule has 1 N–H and O–H groups in total. The number of nitrogens with one attached hydrogen (secondary N) is 1. The molecular formula is C22H26N2O4. The van der Waals surface area contributed by atoms with E-state index >= 15 is 0 Å². The van der Waals surface area contributed by atoms with Crippen LogP contribution in [0.2, 0.25) is 0 Å². The van der Waals surface area contributed by atoms with E-state index in [1.165, 1.54) is 0 Å². The van der Waals surface area contributed by atoms with Gasteiger partial charge < -0.3 is 19.7 Å². The summed E-state index contributed by atoms with van der Waals surface area (Å²) in [5.74, 6) is 1.05. The number of ether oxygens (including phenoxy) is 2. The van der Waals surface area contributed by atoms with E-state index in [0.29, 0.717) is 35.7 Å². The molecule has 1 saturated heterocycles. The normalized spacial score (nSPS) is 14.5. The Morgan fingerprint density at radius 1 is 0.964 bits per heavy atom. The van der Waals surface area contributed by atoms with Gasteiger partial charge in [-0.25, -0.2) is 0 Å². The standard InChI is InChI=1S/C22H26N2O4/c1-15-5-4-6-16(11-15)21(25)23-18-7-9-24(10-8-18)22(26)17-12-19(27-2)14-20(13-17)28-3/h4-6,11-14,18H,7-10H2,1-3H3,(H,23,25). The number of carbonyl (C=O) groups is 2. The van der Waals surface area contributed by atoms with Crippen molar-refractivity contribution in [1.29, 1.82) is 0 Å². The van der Waals surface area contributed by atoms with E-state index in [0.717, 1.165) is 18.4 Å². The van der Waals surface area contributed by atoms with Crippen LogP contribution in [-0.4, -0.2) is 50.1 Å². The van der Waals surface area contributed by atoms with Gasteiger partial charge in [-0.3, -0.25) is 9.59 Å². The zero-order valence-corrected chi connectivity index (χ0v) is 16.5. The van der Waals surface area contributed by atoms with E-state index < -0.39 is 0 Å². The van der Waals surface area contributed by atoms with E-state index in [2.05, 4.69) is 5.32 Å². The number of rotatable bonds is 5. The van der Waals surface area contributed by atoms with Gasteiger partial charge in [0.2, 0.25) is 0 Å². The molecule has 6 nitrogen and oxygen atoms in total. The molecule has 2 aromatic rings. The zero-order valence-electron chi connectivity index (χ0n) is 16.5. The molecule has 2 aromatic carbocycles. The lowest BCUT2D eigenvalue weighted by molar-refractivity contribution is 0.0697. The van der Waals surface area contributed by atoms with E-state index in [1.54, 1.807) is 32.4 Å². The first-order valence-corrected chi connectivity index (χ1v) is 9.40. The molecule has 6 heteroatoms. The molecule has 0 saturated carbocycles. The van der Waals surface area contributed by atoms with E-state index in [4.69, 9.17) is 9.47 Å². The molecule has 0 bridgehead atoms. The lowest BCUT2D eigenvalue weighted by Crippen LogP contribution is -2.46. The predicted octanol–water partition coefficient (Wildman–Crippen LogP) is 3.05. The van der Waals surface area contributed by atoms with Crippen molar-refractivity contribution >= 4 is 11.8 Å². The number of benzene rings is 2. The van der Waals surface area contributed by atoms with Crippen LogP contribution in [0.5, 0.6) is 11.5 Å². The Morgan fingerprint density at radius 2 is 1.61 bits per heavy atom. The molecule has 3 rings (SSSR count). The number of hydrogen-bond donors (Lipinski definition) is 1. The molecule has 1 aliphatic rings. The van der Waals surface area contributed by atoms with Crippen LogP contribution in [0.25, 0.3) is 0 Å². The summed E-state index contributed by atoms with van der Waals surface area (Å²) in [6, 6.07) is 12.8. The Morgan fingerprint density at radius 3 is 2.18 bits per heavy atom. The number of nitrogens with zero attached hydrogens (tertiary/aromatic N) is 1. The Labute approximate surface area is 165 Å². The molecule has 1 aliphatic heterocycles. The summed E-state index contributed by atoms with van der Waals surface area (Å²) >= 11 is 0. The molecule has 0 aromatic heterocycles. The zero-order chi connectivity index (χ0) is 20.1. The Hall–Kier alpha value is -3.02. The van der Waals surface area contributed by atoms with Crippen LogP contribution in [0, 0.1) is 6.92 Å². The summed E-state index contributed by atoms with van der Waals surface area (Å²) in [5.41, 5.74) is 2.27. The predicted molar refractivity (Wildman–Crippen MR) is 107 cm³/mol. The quantitative estimate of drug-likeness (QED) is 0.863. The number of carbonyl (C=O) groups excluding carboxylic acids is 2. The van der Waals surface area contributed by atoms with E-state index in [1.807, 2.05) is 36.1 Å². The third-order valence-corrected chi connectivity index (χ3v) is 5.00. The van der Waals surface area contributed by atoms with Crippen LogP contribution in [0.1, 0.15) is 39.1 Å². The highest BCUT2D eigenvalue weighted by atomic mass is 16.5. The van der Waals surface area contributed by atoms with Gasteiger partial charge in [0.25, 0.3) is 11.8 Å². The minimum atomic E-state index is -0.0639. The summed E-state index contributed by atoms with van der Waals surface area (Å²) in [6.45, 7) is 3.16. The molecule has 0 aliphatic carbocycles.